The molecular formula is C27H18ClNO2. The van der Waals surface area contributed by atoms with Crippen molar-refractivity contribution in [1.82, 2.24) is 4.98 Å². The minimum atomic E-state index is 0.605. The Labute approximate surface area is 185 Å². The van der Waals surface area contributed by atoms with E-state index < -0.39 is 0 Å². The first-order valence-corrected chi connectivity index (χ1v) is 10.3. The highest BCUT2D eigenvalue weighted by atomic mass is 35.5. The molecule has 0 aliphatic rings. The summed E-state index contributed by atoms with van der Waals surface area (Å²) in [5.41, 5.74) is 4.00. The van der Waals surface area contributed by atoms with Crippen molar-refractivity contribution in [3.8, 4) is 34.1 Å². The van der Waals surface area contributed by atoms with Gasteiger partial charge in [-0.3, -0.25) is 0 Å². The number of furan rings is 1. The molecule has 4 heteroatoms. The molecule has 0 fully saturated rings. The average molecular weight is 424 g/mol. The number of rotatable bonds is 5. The SMILES string of the molecule is Clc1ccc(-c2ccc(/C=C/c3ccc(-c4ncc(-c5ccccc5)o4)cc3)o2)cc1. The number of nitrogens with zero attached hydrogens (tertiary/aromatic N) is 1. The zero-order valence-corrected chi connectivity index (χ0v) is 17.3. The Balaban J connectivity index is 1.29. The fourth-order valence-electron chi connectivity index (χ4n) is 3.27. The molecule has 0 aliphatic carbocycles. The van der Waals surface area contributed by atoms with Crippen LogP contribution in [0, 0.1) is 0 Å². The maximum atomic E-state index is 5.95. The molecule has 0 amide bonds. The van der Waals surface area contributed by atoms with Crippen LogP contribution in [0.5, 0.6) is 0 Å². The Kier molecular flexibility index (Phi) is 5.26. The topological polar surface area (TPSA) is 39.2 Å². The van der Waals surface area contributed by atoms with Crippen molar-refractivity contribution < 1.29 is 8.83 Å². The van der Waals surface area contributed by atoms with E-state index in [1.165, 1.54) is 0 Å². The van der Waals surface area contributed by atoms with Crippen LogP contribution in [0.2, 0.25) is 5.02 Å². The van der Waals surface area contributed by atoms with Gasteiger partial charge in [-0.2, -0.15) is 0 Å². The van der Waals surface area contributed by atoms with Crippen molar-refractivity contribution in [2.75, 3.05) is 0 Å². The fraction of sp³-hybridized carbons (Fsp3) is 0. The van der Waals surface area contributed by atoms with E-state index in [0.717, 1.165) is 39.5 Å². The highest BCUT2D eigenvalue weighted by Crippen LogP contribution is 2.27. The van der Waals surface area contributed by atoms with Crippen molar-refractivity contribution >= 4 is 23.8 Å². The third-order valence-electron chi connectivity index (χ3n) is 4.92. The lowest BCUT2D eigenvalue weighted by Gasteiger charge is -1.98. The van der Waals surface area contributed by atoms with Gasteiger partial charge in [0.25, 0.3) is 0 Å². The van der Waals surface area contributed by atoms with Gasteiger partial charge in [0.1, 0.15) is 11.5 Å². The highest BCUT2D eigenvalue weighted by Gasteiger charge is 2.08. The van der Waals surface area contributed by atoms with E-state index in [1.54, 1.807) is 6.20 Å². The van der Waals surface area contributed by atoms with Crippen molar-refractivity contribution in [3.63, 3.8) is 0 Å². The number of halogens is 1. The van der Waals surface area contributed by atoms with Gasteiger partial charge in [0.2, 0.25) is 5.89 Å². The summed E-state index contributed by atoms with van der Waals surface area (Å²) in [6.07, 6.45) is 5.72. The van der Waals surface area contributed by atoms with Crippen LogP contribution in [0.1, 0.15) is 11.3 Å². The molecule has 5 aromatic rings. The number of hydrogen-bond acceptors (Lipinski definition) is 3. The van der Waals surface area contributed by atoms with E-state index in [0.29, 0.717) is 10.9 Å². The number of benzene rings is 3. The second-order valence-corrected chi connectivity index (χ2v) is 7.50. The zero-order valence-electron chi connectivity index (χ0n) is 16.5. The third-order valence-corrected chi connectivity index (χ3v) is 5.17. The lowest BCUT2D eigenvalue weighted by atomic mass is 10.1. The van der Waals surface area contributed by atoms with Crippen LogP contribution < -0.4 is 0 Å². The van der Waals surface area contributed by atoms with Crippen LogP contribution in [0.4, 0.5) is 0 Å². The molecule has 0 bridgehead atoms. The molecule has 2 aromatic heterocycles. The highest BCUT2D eigenvalue weighted by molar-refractivity contribution is 6.30. The number of aromatic nitrogens is 1. The summed E-state index contributed by atoms with van der Waals surface area (Å²) in [6, 6.07) is 29.5. The van der Waals surface area contributed by atoms with E-state index in [9.17, 15) is 0 Å². The maximum absolute atomic E-state index is 5.95. The summed E-state index contributed by atoms with van der Waals surface area (Å²) >= 11 is 5.95. The molecule has 3 nitrogen and oxygen atoms in total. The summed E-state index contributed by atoms with van der Waals surface area (Å²) in [5.74, 6) is 2.96. The van der Waals surface area contributed by atoms with Crippen LogP contribution >= 0.6 is 11.6 Å². The standard InChI is InChI=1S/C27H18ClNO2/c28-23-13-11-21(12-14-23)25-17-16-24(30-25)15-8-19-6-9-22(10-7-19)27-29-18-26(31-27)20-4-2-1-3-5-20/h1-18H/b15-8+. The van der Waals surface area contributed by atoms with Gasteiger partial charge in [-0.25, -0.2) is 4.98 Å². The van der Waals surface area contributed by atoms with E-state index in [1.807, 2.05) is 103 Å². The smallest absolute Gasteiger partial charge is 0.226 e. The van der Waals surface area contributed by atoms with Crippen molar-refractivity contribution in [2.45, 2.75) is 0 Å². The second-order valence-electron chi connectivity index (χ2n) is 7.06. The molecule has 0 radical (unpaired) electrons. The van der Waals surface area contributed by atoms with Gasteiger partial charge in [-0.05, 0) is 60.2 Å². The molecule has 0 aliphatic heterocycles. The van der Waals surface area contributed by atoms with Crippen LogP contribution in [-0.4, -0.2) is 4.98 Å². The zero-order chi connectivity index (χ0) is 21.0. The molecular weight excluding hydrogens is 406 g/mol. The van der Waals surface area contributed by atoms with Crippen LogP contribution in [-0.2, 0) is 0 Å². The first-order valence-electron chi connectivity index (χ1n) is 9.90. The Morgan fingerprint density at radius 1 is 0.613 bits per heavy atom. The van der Waals surface area contributed by atoms with E-state index in [2.05, 4.69) is 4.98 Å². The molecule has 0 N–H and O–H groups in total. The van der Waals surface area contributed by atoms with E-state index >= 15 is 0 Å². The van der Waals surface area contributed by atoms with Gasteiger partial charge >= 0.3 is 0 Å². The summed E-state index contributed by atoms with van der Waals surface area (Å²) in [6.45, 7) is 0. The first kappa shape index (κ1) is 19.2. The van der Waals surface area contributed by atoms with Crippen molar-refractivity contribution in [1.29, 1.82) is 0 Å². The second kappa shape index (κ2) is 8.50. The molecule has 2 heterocycles. The molecule has 5 rings (SSSR count). The van der Waals surface area contributed by atoms with Gasteiger partial charge in [-0.1, -0.05) is 60.1 Å². The number of hydrogen-bond donors (Lipinski definition) is 0. The van der Waals surface area contributed by atoms with Gasteiger partial charge in [-0.15, -0.1) is 0 Å². The van der Waals surface area contributed by atoms with Crippen molar-refractivity contribution in [2.24, 2.45) is 0 Å². The van der Waals surface area contributed by atoms with E-state index in [-0.39, 0.29) is 0 Å². The van der Waals surface area contributed by atoms with Crippen molar-refractivity contribution in [3.05, 3.63) is 114 Å². The molecule has 0 atom stereocenters. The molecule has 3 aromatic carbocycles. The third kappa shape index (κ3) is 4.37. The summed E-state index contributed by atoms with van der Waals surface area (Å²) in [4.78, 5) is 4.42. The van der Waals surface area contributed by atoms with E-state index in [4.69, 9.17) is 20.4 Å². The van der Waals surface area contributed by atoms with Crippen LogP contribution in [0.25, 0.3) is 46.3 Å². The summed E-state index contributed by atoms with van der Waals surface area (Å²) in [7, 11) is 0. The fourth-order valence-corrected chi connectivity index (χ4v) is 3.40. The van der Waals surface area contributed by atoms with Gasteiger partial charge < -0.3 is 8.83 Å². The molecule has 0 saturated carbocycles. The normalized spacial score (nSPS) is 11.3. The molecule has 0 spiro atoms. The lowest BCUT2D eigenvalue weighted by Crippen LogP contribution is -1.78. The van der Waals surface area contributed by atoms with Gasteiger partial charge in [0, 0.05) is 21.7 Å². The molecule has 150 valence electrons. The van der Waals surface area contributed by atoms with Gasteiger partial charge in [0.15, 0.2) is 5.76 Å². The first-order chi connectivity index (χ1) is 15.2. The Hall–Kier alpha value is -3.82. The number of oxazole rings is 1. The Morgan fingerprint density at radius 3 is 2.10 bits per heavy atom. The minimum Gasteiger partial charge on any atom is -0.457 e. The Morgan fingerprint density at radius 2 is 1.32 bits per heavy atom. The predicted molar refractivity (Wildman–Crippen MR) is 125 cm³/mol. The van der Waals surface area contributed by atoms with Gasteiger partial charge in [0.05, 0.1) is 6.20 Å². The van der Waals surface area contributed by atoms with Crippen LogP contribution in [0.15, 0.2) is 106 Å². The summed E-state index contributed by atoms with van der Waals surface area (Å²) in [5, 5.41) is 0.708. The van der Waals surface area contributed by atoms with Crippen LogP contribution in [0.3, 0.4) is 0 Å². The molecule has 0 unspecified atom stereocenters. The predicted octanol–water partition coefficient (Wildman–Crippen LogP) is 8.09. The quantitative estimate of drug-likeness (QED) is 0.286. The monoisotopic (exact) mass is 423 g/mol. The lowest BCUT2D eigenvalue weighted by molar-refractivity contribution is 0.572. The summed E-state index contributed by atoms with van der Waals surface area (Å²) < 4.78 is 11.8. The molecule has 0 saturated heterocycles. The maximum Gasteiger partial charge on any atom is 0.226 e. The largest absolute Gasteiger partial charge is 0.457 e. The minimum absolute atomic E-state index is 0.605. The molecule has 31 heavy (non-hydrogen) atoms. The Bertz CT molecular complexity index is 1310. The average Bonchev–Trinajstić information content (AvgIpc) is 3.50.